The van der Waals surface area contributed by atoms with Crippen LogP contribution in [0.5, 0.6) is 0 Å². The average molecular weight is 739 g/mol. The van der Waals surface area contributed by atoms with E-state index >= 15 is 0 Å². The van der Waals surface area contributed by atoms with Gasteiger partial charge in [0.15, 0.2) is 5.78 Å². The Morgan fingerprint density at radius 1 is 0.824 bits per heavy atom. The van der Waals surface area contributed by atoms with Crippen LogP contribution in [0.3, 0.4) is 0 Å². The molecule has 1 aliphatic rings. The molecule has 1 N–H and O–H groups in total. The molecule has 0 atom stereocenters. The number of benzene rings is 2. The number of ketones is 1. The number of carboxylic acids is 1. The first kappa shape index (κ1) is 33.9. The molecule has 0 saturated heterocycles. The van der Waals surface area contributed by atoms with Crippen LogP contribution in [0.2, 0.25) is 15.2 Å². The number of halogens is 3. The van der Waals surface area contributed by atoms with Gasteiger partial charge in [-0.1, -0.05) is 53.0 Å². The van der Waals surface area contributed by atoms with Crippen LogP contribution < -0.4 is 0 Å². The van der Waals surface area contributed by atoms with Gasteiger partial charge in [-0.2, -0.15) is 0 Å². The average Bonchev–Trinajstić information content (AvgIpc) is 3.68. The molecule has 2 aromatic carbocycles. The maximum atomic E-state index is 12.1. The summed E-state index contributed by atoms with van der Waals surface area (Å²) >= 11 is 18.3. The molecule has 0 fully saturated rings. The smallest absolute Gasteiger partial charge is 0.340 e. The largest absolute Gasteiger partial charge is 0.478 e. The second-order valence-electron chi connectivity index (χ2n) is 11.8. The summed E-state index contributed by atoms with van der Waals surface area (Å²) in [6.45, 7) is 1.01. The highest BCUT2D eigenvalue weighted by atomic mass is 35.5. The number of ether oxygens (including phenoxy) is 1. The molecule has 0 saturated carbocycles. The van der Waals surface area contributed by atoms with Gasteiger partial charge >= 0.3 is 11.9 Å². The molecular formula is C38H26Cl3N5O5. The van der Waals surface area contributed by atoms with Gasteiger partial charge in [0, 0.05) is 61.3 Å². The summed E-state index contributed by atoms with van der Waals surface area (Å²) < 4.78 is 8.62. The standard InChI is InChI=1S/C19H13Cl2N3O2.C19H13ClN2O3/c1-26-19(25)14-10-24(16-4-5-22-18(21)17(14)16)9-11-2-3-15-12(6-11)7-13(20)8-23-15;20-13-7-12-6-11(4-5-15(12)21-8-13)9-22-10-14(19(24)25)18-16(22)2-1-3-17(18)23/h2-8,10H,9H2,1H3;1-2,4-8,10H,3,9H2,(H,24,25). The molecule has 5 aromatic heterocycles. The number of carbonyl (C=O) groups is 3. The molecule has 0 amide bonds. The third kappa shape index (κ3) is 6.81. The lowest BCUT2D eigenvalue weighted by atomic mass is 9.99. The van der Waals surface area contributed by atoms with Crippen LogP contribution in [0.15, 0.2) is 91.7 Å². The molecule has 1 aliphatic carbocycles. The van der Waals surface area contributed by atoms with Gasteiger partial charge in [0.1, 0.15) is 5.15 Å². The van der Waals surface area contributed by atoms with E-state index in [2.05, 4.69) is 15.0 Å². The first-order valence-corrected chi connectivity index (χ1v) is 16.7. The molecule has 10 nitrogen and oxygen atoms in total. The van der Waals surface area contributed by atoms with E-state index in [4.69, 9.17) is 39.5 Å². The summed E-state index contributed by atoms with van der Waals surface area (Å²) in [5.74, 6) is -1.70. The number of carboxylic acid groups (broad SMARTS) is 1. The third-order valence-corrected chi connectivity index (χ3v) is 9.19. The second kappa shape index (κ2) is 14.0. The number of aromatic carboxylic acids is 1. The fourth-order valence-corrected chi connectivity index (χ4v) is 6.80. The van der Waals surface area contributed by atoms with Gasteiger partial charge in [-0.05, 0) is 59.7 Å². The van der Waals surface area contributed by atoms with Crippen molar-refractivity contribution in [2.75, 3.05) is 7.11 Å². The van der Waals surface area contributed by atoms with Crippen molar-refractivity contribution >= 4 is 91.3 Å². The fraction of sp³-hybridized carbons (Fsp3) is 0.105. The number of rotatable bonds is 6. The monoisotopic (exact) mass is 737 g/mol. The van der Waals surface area contributed by atoms with Crippen LogP contribution in [0.1, 0.15) is 54.3 Å². The molecule has 7 aromatic rings. The highest BCUT2D eigenvalue weighted by Crippen LogP contribution is 2.30. The molecule has 51 heavy (non-hydrogen) atoms. The van der Waals surface area contributed by atoms with Gasteiger partial charge < -0.3 is 19.0 Å². The number of allylic oxidation sites excluding steroid dienone is 1. The molecule has 254 valence electrons. The Kier molecular flexibility index (Phi) is 9.31. The van der Waals surface area contributed by atoms with Gasteiger partial charge in [-0.3, -0.25) is 14.8 Å². The van der Waals surface area contributed by atoms with Gasteiger partial charge in [0.2, 0.25) is 0 Å². The molecule has 5 heterocycles. The quantitative estimate of drug-likeness (QED) is 0.132. The zero-order chi connectivity index (χ0) is 35.8. The maximum absolute atomic E-state index is 12.1. The normalized spacial score (nSPS) is 12.2. The predicted molar refractivity (Wildman–Crippen MR) is 197 cm³/mol. The first-order valence-electron chi connectivity index (χ1n) is 15.6. The summed E-state index contributed by atoms with van der Waals surface area (Å²) in [6.07, 6.45) is 11.9. The van der Waals surface area contributed by atoms with E-state index in [0.717, 1.165) is 38.4 Å². The molecule has 0 spiro atoms. The van der Waals surface area contributed by atoms with Crippen molar-refractivity contribution in [3.05, 3.63) is 140 Å². The molecule has 0 bridgehead atoms. The van der Waals surface area contributed by atoms with Crippen LogP contribution in [0.4, 0.5) is 0 Å². The lowest BCUT2D eigenvalue weighted by molar-refractivity contribution is 0.0601. The van der Waals surface area contributed by atoms with Crippen LogP contribution in [0.25, 0.3) is 38.8 Å². The Hall–Kier alpha value is -5.55. The Morgan fingerprint density at radius 2 is 1.43 bits per heavy atom. The number of methoxy groups -OCH3 is 1. The van der Waals surface area contributed by atoms with Crippen molar-refractivity contribution < 1.29 is 24.2 Å². The van der Waals surface area contributed by atoms with Crippen molar-refractivity contribution in [1.82, 2.24) is 24.1 Å². The number of fused-ring (bicyclic) bond motifs is 4. The van der Waals surface area contributed by atoms with Crippen molar-refractivity contribution in [3.8, 4) is 0 Å². The number of esters is 1. The molecule has 0 aliphatic heterocycles. The number of aromatic nitrogens is 5. The van der Waals surface area contributed by atoms with Gasteiger partial charge in [0.05, 0.1) is 61.5 Å². The van der Waals surface area contributed by atoms with Crippen LogP contribution in [-0.4, -0.2) is 54.0 Å². The van der Waals surface area contributed by atoms with E-state index in [-0.39, 0.29) is 22.9 Å². The topological polar surface area (TPSA) is 129 Å². The molecular weight excluding hydrogens is 713 g/mol. The van der Waals surface area contributed by atoms with E-state index in [1.807, 2.05) is 65.2 Å². The lowest BCUT2D eigenvalue weighted by Gasteiger charge is -2.11. The second-order valence-corrected chi connectivity index (χ2v) is 13.0. The van der Waals surface area contributed by atoms with E-state index in [0.29, 0.717) is 45.3 Å². The van der Waals surface area contributed by atoms with Crippen molar-refractivity contribution in [3.63, 3.8) is 0 Å². The maximum Gasteiger partial charge on any atom is 0.340 e. The molecule has 0 unspecified atom stereocenters. The van der Waals surface area contributed by atoms with E-state index in [1.165, 1.54) is 13.3 Å². The summed E-state index contributed by atoms with van der Waals surface area (Å²) in [4.78, 5) is 48.4. The highest BCUT2D eigenvalue weighted by molar-refractivity contribution is 6.35. The fourth-order valence-electron chi connectivity index (χ4n) is 6.22. The SMILES string of the molecule is COC(=O)c1cn(Cc2ccc3ncc(Cl)cc3c2)c2ccnc(Cl)c12.O=C(O)c1cn(Cc2ccc3ncc(Cl)cc3c2)c2c1C(=O)CC=C2. The van der Waals surface area contributed by atoms with Gasteiger partial charge in [-0.25, -0.2) is 14.6 Å². The van der Waals surface area contributed by atoms with Crippen molar-refractivity contribution in [1.29, 1.82) is 0 Å². The number of hydrogen-bond acceptors (Lipinski definition) is 7. The summed E-state index contributed by atoms with van der Waals surface area (Å²) in [5, 5.41) is 13.3. The number of hydrogen-bond donors (Lipinski definition) is 1. The minimum Gasteiger partial charge on any atom is -0.478 e. The zero-order valence-corrected chi connectivity index (χ0v) is 29.1. The molecule has 0 radical (unpaired) electrons. The van der Waals surface area contributed by atoms with Gasteiger partial charge in [0.25, 0.3) is 0 Å². The third-order valence-electron chi connectivity index (χ3n) is 8.49. The molecule has 13 heteroatoms. The Morgan fingerprint density at radius 3 is 2.04 bits per heavy atom. The zero-order valence-electron chi connectivity index (χ0n) is 26.8. The summed E-state index contributed by atoms with van der Waals surface area (Å²) in [6, 6.07) is 17.3. The Labute approximate surface area is 305 Å². The van der Waals surface area contributed by atoms with Crippen LogP contribution in [-0.2, 0) is 17.8 Å². The number of Topliss-reactive ketones (excluding diaryl/α,β-unsaturated/α-hetero) is 1. The van der Waals surface area contributed by atoms with Gasteiger partial charge in [-0.15, -0.1) is 0 Å². The van der Waals surface area contributed by atoms with Crippen LogP contribution in [0, 0.1) is 0 Å². The minimum atomic E-state index is -1.09. The Balaban J connectivity index is 0.000000159. The summed E-state index contributed by atoms with van der Waals surface area (Å²) in [5.41, 5.74) is 5.91. The highest BCUT2D eigenvalue weighted by Gasteiger charge is 2.26. The number of nitrogens with zero attached hydrogens (tertiary/aromatic N) is 5. The minimum absolute atomic E-state index is 0.0508. The first-order chi connectivity index (χ1) is 24.6. The van der Waals surface area contributed by atoms with Crippen molar-refractivity contribution in [2.24, 2.45) is 0 Å². The molecule has 8 rings (SSSR count). The summed E-state index contributed by atoms with van der Waals surface area (Å²) in [7, 11) is 1.34. The number of pyridine rings is 3. The van der Waals surface area contributed by atoms with Crippen LogP contribution >= 0.6 is 34.8 Å². The van der Waals surface area contributed by atoms with Crippen molar-refractivity contribution in [2.45, 2.75) is 19.5 Å². The lowest BCUT2D eigenvalue weighted by Crippen LogP contribution is -2.10. The predicted octanol–water partition coefficient (Wildman–Crippen LogP) is 8.76. The Bertz CT molecular complexity index is 2580. The van der Waals surface area contributed by atoms with E-state index in [9.17, 15) is 19.5 Å². The number of carbonyl (C=O) groups excluding carboxylic acids is 2. The van der Waals surface area contributed by atoms with E-state index < -0.39 is 11.9 Å². The van der Waals surface area contributed by atoms with E-state index in [1.54, 1.807) is 35.4 Å².